The fourth-order valence-electron chi connectivity index (χ4n) is 5.33. The summed E-state index contributed by atoms with van der Waals surface area (Å²) in [5.41, 5.74) is 1.40. The number of fused-ring (bicyclic) bond motifs is 2. The van der Waals surface area contributed by atoms with Gasteiger partial charge in [0.2, 0.25) is 5.91 Å². The van der Waals surface area contributed by atoms with Gasteiger partial charge in [0, 0.05) is 25.2 Å². The van der Waals surface area contributed by atoms with E-state index < -0.39 is 0 Å². The Morgan fingerprint density at radius 3 is 2.29 bits per heavy atom. The van der Waals surface area contributed by atoms with E-state index in [0.29, 0.717) is 37.0 Å². The highest BCUT2D eigenvalue weighted by Crippen LogP contribution is 2.45. The molecule has 1 saturated heterocycles. The van der Waals surface area contributed by atoms with Crippen LogP contribution in [0.25, 0.3) is 0 Å². The van der Waals surface area contributed by atoms with Crippen molar-refractivity contribution in [1.82, 2.24) is 5.32 Å². The Bertz CT molecular complexity index is 766. The number of carbonyl (C=O) groups excluding carboxylic acids is 1. The molecule has 1 aromatic rings. The van der Waals surface area contributed by atoms with Crippen LogP contribution in [0.3, 0.4) is 0 Å². The van der Waals surface area contributed by atoms with Gasteiger partial charge in [0.15, 0.2) is 0 Å². The van der Waals surface area contributed by atoms with Gasteiger partial charge in [0.05, 0.1) is 0 Å². The minimum Gasteiger partial charge on any atom is -0.408 e. The summed E-state index contributed by atoms with van der Waals surface area (Å²) in [5, 5.41) is 2.87. The third-order valence-electron chi connectivity index (χ3n) is 7.16. The molecule has 2 aliphatic rings. The van der Waals surface area contributed by atoms with E-state index in [1.807, 2.05) is 6.92 Å². The highest BCUT2D eigenvalue weighted by Gasteiger charge is 2.49. The summed E-state index contributed by atoms with van der Waals surface area (Å²) in [6.45, 7) is 4.89. The van der Waals surface area contributed by atoms with Crippen LogP contribution in [0, 0.1) is 11.8 Å². The number of nitrogens with one attached hydrogen (secondary N) is 1. The number of rotatable bonds is 15. The molecule has 1 aliphatic carbocycles. The van der Waals surface area contributed by atoms with E-state index in [1.54, 1.807) is 0 Å². The molecule has 186 valence electrons. The van der Waals surface area contributed by atoms with Gasteiger partial charge in [-0.25, -0.2) is 0 Å². The molecular formula is C29H44BNO3. The lowest BCUT2D eigenvalue weighted by Gasteiger charge is -2.28. The van der Waals surface area contributed by atoms with Gasteiger partial charge in [-0.05, 0) is 75.6 Å². The number of aryl methyl sites for hydroxylation is 1. The number of amides is 1. The van der Waals surface area contributed by atoms with Crippen LogP contribution < -0.4 is 5.32 Å². The highest BCUT2D eigenvalue weighted by molar-refractivity contribution is 6.44. The topological polar surface area (TPSA) is 47.6 Å². The van der Waals surface area contributed by atoms with Gasteiger partial charge >= 0.3 is 7.12 Å². The Morgan fingerprint density at radius 1 is 0.971 bits per heavy atom. The van der Waals surface area contributed by atoms with Gasteiger partial charge in [0.25, 0.3) is 0 Å². The Kier molecular flexibility index (Phi) is 12.0. The van der Waals surface area contributed by atoms with E-state index in [4.69, 9.17) is 9.31 Å². The SMILES string of the molecule is CCCCB1OC2C[C@H](O1)[C@H](CC=CCCCC(=O)NCC)[C@H]2C/C=C\CCc1ccccc1. The molecule has 1 saturated carbocycles. The van der Waals surface area contributed by atoms with Crippen LogP contribution in [-0.4, -0.2) is 31.8 Å². The predicted octanol–water partition coefficient (Wildman–Crippen LogP) is 6.53. The van der Waals surface area contributed by atoms with Gasteiger partial charge in [-0.2, -0.15) is 0 Å². The van der Waals surface area contributed by atoms with E-state index in [1.165, 1.54) is 12.0 Å². The second-order valence-electron chi connectivity index (χ2n) is 9.77. The van der Waals surface area contributed by atoms with Gasteiger partial charge in [-0.15, -0.1) is 0 Å². The van der Waals surface area contributed by atoms with Crippen LogP contribution in [0.1, 0.15) is 77.2 Å². The molecule has 4 nitrogen and oxygen atoms in total. The second-order valence-corrected chi connectivity index (χ2v) is 9.77. The minimum absolute atomic E-state index is 0.0284. The van der Waals surface area contributed by atoms with Crippen molar-refractivity contribution in [3.05, 3.63) is 60.2 Å². The summed E-state index contributed by atoms with van der Waals surface area (Å²) >= 11 is 0. The Hall–Kier alpha value is -1.85. The maximum Gasteiger partial charge on any atom is 0.457 e. The van der Waals surface area contributed by atoms with Crippen LogP contribution in [0.5, 0.6) is 0 Å². The maximum atomic E-state index is 11.6. The van der Waals surface area contributed by atoms with E-state index in [0.717, 1.165) is 57.7 Å². The number of allylic oxidation sites excluding steroid dienone is 4. The normalized spacial score (nSPS) is 24.4. The average Bonchev–Trinajstić information content (AvgIpc) is 3.09. The van der Waals surface area contributed by atoms with E-state index >= 15 is 0 Å². The second kappa shape index (κ2) is 15.2. The smallest absolute Gasteiger partial charge is 0.408 e. The van der Waals surface area contributed by atoms with Gasteiger partial charge in [-0.3, -0.25) is 4.79 Å². The molecule has 0 radical (unpaired) electrons. The molecule has 1 aliphatic heterocycles. The first-order chi connectivity index (χ1) is 16.7. The number of unbranched alkanes of at least 4 members (excludes halogenated alkanes) is 2. The third-order valence-corrected chi connectivity index (χ3v) is 7.16. The zero-order chi connectivity index (χ0) is 24.0. The van der Waals surface area contributed by atoms with Crippen molar-refractivity contribution in [3.63, 3.8) is 0 Å². The zero-order valence-electron chi connectivity index (χ0n) is 21.3. The van der Waals surface area contributed by atoms with E-state index in [2.05, 4.69) is 66.9 Å². The summed E-state index contributed by atoms with van der Waals surface area (Å²) in [4.78, 5) is 11.6. The molecule has 0 aromatic heterocycles. The first-order valence-corrected chi connectivity index (χ1v) is 13.6. The van der Waals surface area contributed by atoms with Gasteiger partial charge in [-0.1, -0.05) is 74.4 Å². The maximum absolute atomic E-state index is 11.6. The van der Waals surface area contributed by atoms with Crippen LogP contribution in [0.4, 0.5) is 0 Å². The molecule has 3 rings (SSSR count). The number of hydrogen-bond acceptors (Lipinski definition) is 3. The Labute approximate surface area is 207 Å². The number of hydrogen-bond donors (Lipinski definition) is 1. The molecule has 1 amide bonds. The lowest BCUT2D eigenvalue weighted by molar-refractivity contribution is -0.121. The lowest BCUT2D eigenvalue weighted by atomic mass is 9.80. The van der Waals surface area contributed by atoms with Crippen molar-refractivity contribution in [1.29, 1.82) is 0 Å². The summed E-state index contributed by atoms with van der Waals surface area (Å²) in [6, 6.07) is 10.7. The first-order valence-electron chi connectivity index (χ1n) is 13.6. The third kappa shape index (κ3) is 8.74. The van der Waals surface area contributed by atoms with Crippen molar-refractivity contribution in [2.75, 3.05) is 6.54 Å². The van der Waals surface area contributed by atoms with Gasteiger partial charge in [0.1, 0.15) is 0 Å². The van der Waals surface area contributed by atoms with Gasteiger partial charge < -0.3 is 14.6 Å². The molecule has 1 unspecified atom stereocenters. The molecule has 4 atom stereocenters. The quantitative estimate of drug-likeness (QED) is 0.182. The monoisotopic (exact) mass is 465 g/mol. The number of carbonyl (C=O) groups is 1. The molecule has 1 aromatic carbocycles. The molecule has 2 bridgehead atoms. The van der Waals surface area contributed by atoms with Crippen LogP contribution in [-0.2, 0) is 20.5 Å². The molecule has 34 heavy (non-hydrogen) atoms. The average molecular weight is 465 g/mol. The van der Waals surface area contributed by atoms with Crippen molar-refractivity contribution in [2.45, 2.75) is 96.6 Å². The standard InChI is InChI=1S/C29H44BNO3/c1-3-5-22-30-33-27-23-28(34-30)26(20-14-9-12-18-24-16-10-8-11-17-24)25(27)19-13-6-7-15-21-29(32)31-4-2/h6,8-11,13-14,16-17,25-28H,3-5,7,12,15,18-23H2,1-2H3,(H,31,32)/b13-6?,14-9-/t25-,26-,27+,28?/m1/s1. The Morgan fingerprint density at radius 2 is 1.65 bits per heavy atom. The summed E-state index contributed by atoms with van der Waals surface area (Å²) < 4.78 is 12.8. The Balaban J connectivity index is 1.50. The van der Waals surface area contributed by atoms with Crippen LogP contribution in [0.2, 0.25) is 6.32 Å². The van der Waals surface area contributed by atoms with Crippen molar-refractivity contribution >= 4 is 13.0 Å². The lowest BCUT2D eigenvalue weighted by Crippen LogP contribution is -2.37. The van der Waals surface area contributed by atoms with Crippen LogP contribution >= 0.6 is 0 Å². The molecule has 1 heterocycles. The number of benzene rings is 1. The molecular weight excluding hydrogens is 421 g/mol. The van der Waals surface area contributed by atoms with E-state index in [-0.39, 0.29) is 13.0 Å². The summed E-state index contributed by atoms with van der Waals surface area (Å²) in [5.74, 6) is 1.18. The van der Waals surface area contributed by atoms with Crippen LogP contribution in [0.15, 0.2) is 54.6 Å². The zero-order valence-corrected chi connectivity index (χ0v) is 21.3. The molecule has 0 spiro atoms. The molecule has 1 N–H and O–H groups in total. The van der Waals surface area contributed by atoms with E-state index in [9.17, 15) is 4.79 Å². The first kappa shape index (κ1) is 26.8. The summed E-state index contributed by atoms with van der Waals surface area (Å²) in [6.07, 6.45) is 21.0. The van der Waals surface area contributed by atoms with Crippen molar-refractivity contribution in [2.24, 2.45) is 11.8 Å². The van der Waals surface area contributed by atoms with Crippen molar-refractivity contribution < 1.29 is 14.1 Å². The highest BCUT2D eigenvalue weighted by atomic mass is 16.6. The fraction of sp³-hybridized carbons (Fsp3) is 0.621. The molecule has 5 heteroatoms. The fourth-order valence-corrected chi connectivity index (χ4v) is 5.33. The van der Waals surface area contributed by atoms with Crippen molar-refractivity contribution in [3.8, 4) is 0 Å². The summed E-state index contributed by atoms with van der Waals surface area (Å²) in [7, 11) is -0.0284. The molecule has 2 fully saturated rings. The largest absolute Gasteiger partial charge is 0.457 e. The predicted molar refractivity (Wildman–Crippen MR) is 142 cm³/mol. The minimum atomic E-state index is -0.0284.